The minimum Gasteiger partial charge on any atom is -0.395 e. The molecule has 2 N–H and O–H groups in total. The highest BCUT2D eigenvalue weighted by Gasteiger charge is 2.31. The van der Waals surface area contributed by atoms with Crippen molar-refractivity contribution >= 4 is 5.91 Å². The van der Waals surface area contributed by atoms with Crippen LogP contribution in [0.1, 0.15) is 65.2 Å². The molecule has 4 heteroatoms. The van der Waals surface area contributed by atoms with Crippen LogP contribution in [-0.4, -0.2) is 47.7 Å². The van der Waals surface area contributed by atoms with Crippen LogP contribution in [-0.2, 0) is 4.79 Å². The van der Waals surface area contributed by atoms with Crippen molar-refractivity contribution in [3.63, 3.8) is 0 Å². The number of carbonyl (C=O) groups excluding carboxylic acids is 1. The molecule has 0 unspecified atom stereocenters. The number of aliphatic hydroxyl groups excluding tert-OH is 1. The summed E-state index contributed by atoms with van der Waals surface area (Å²) in [5.74, 6) is 0.0319. The highest BCUT2D eigenvalue weighted by Crippen LogP contribution is 2.18. The molecule has 1 aliphatic heterocycles. The van der Waals surface area contributed by atoms with Gasteiger partial charge in [0, 0.05) is 25.6 Å². The molecule has 0 aromatic carbocycles. The van der Waals surface area contributed by atoms with Crippen LogP contribution in [0.2, 0.25) is 0 Å². The predicted octanol–water partition coefficient (Wildman–Crippen LogP) is 2.31. The van der Waals surface area contributed by atoms with Crippen LogP contribution >= 0.6 is 0 Å². The lowest BCUT2D eigenvalue weighted by molar-refractivity contribution is -0.119. The van der Waals surface area contributed by atoms with Crippen LogP contribution in [0.5, 0.6) is 0 Å². The van der Waals surface area contributed by atoms with Crippen LogP contribution in [0.25, 0.3) is 0 Å². The quantitative estimate of drug-likeness (QED) is 0.605. The Morgan fingerprint density at radius 2 is 1.85 bits per heavy atom. The molecule has 0 bridgehead atoms. The Kier molecular flexibility index (Phi) is 8.86. The maximum Gasteiger partial charge on any atom is 0.217 e. The number of aliphatic hydroxyl groups is 1. The molecule has 1 aliphatic rings. The first-order valence-electron chi connectivity index (χ1n) is 8.29. The van der Waals surface area contributed by atoms with Crippen LogP contribution in [0.3, 0.4) is 0 Å². The zero-order chi connectivity index (χ0) is 14.8. The maximum atomic E-state index is 11.1. The highest BCUT2D eigenvalue weighted by atomic mass is 16.3. The van der Waals surface area contributed by atoms with E-state index in [1.165, 1.54) is 44.9 Å². The van der Waals surface area contributed by atoms with Gasteiger partial charge in [0.15, 0.2) is 0 Å². The van der Waals surface area contributed by atoms with Crippen molar-refractivity contribution in [2.75, 3.05) is 19.7 Å². The summed E-state index contributed by atoms with van der Waals surface area (Å²) in [6.45, 7) is 5.95. The van der Waals surface area contributed by atoms with Crippen molar-refractivity contribution in [2.24, 2.45) is 0 Å². The van der Waals surface area contributed by atoms with Gasteiger partial charge in [-0.25, -0.2) is 0 Å². The first kappa shape index (κ1) is 17.4. The van der Waals surface area contributed by atoms with E-state index in [1.807, 2.05) is 0 Å². The Bertz CT molecular complexity index is 271. The third-order valence-electron chi connectivity index (χ3n) is 4.19. The number of amides is 1. The van der Waals surface area contributed by atoms with Crippen LogP contribution in [0.15, 0.2) is 0 Å². The van der Waals surface area contributed by atoms with Gasteiger partial charge in [-0.3, -0.25) is 9.69 Å². The van der Waals surface area contributed by atoms with Gasteiger partial charge in [0.25, 0.3) is 0 Å². The first-order valence-corrected chi connectivity index (χ1v) is 8.29. The average Bonchev–Trinajstić information content (AvgIpc) is 2.79. The average molecular weight is 284 g/mol. The zero-order valence-corrected chi connectivity index (χ0v) is 13.2. The van der Waals surface area contributed by atoms with E-state index >= 15 is 0 Å². The van der Waals surface area contributed by atoms with Gasteiger partial charge < -0.3 is 10.4 Å². The maximum absolute atomic E-state index is 11.1. The molecule has 0 saturated carbocycles. The third kappa shape index (κ3) is 6.71. The lowest BCUT2D eigenvalue weighted by Crippen LogP contribution is -2.36. The van der Waals surface area contributed by atoms with E-state index in [1.54, 1.807) is 6.92 Å². The number of hydrogen-bond donors (Lipinski definition) is 2. The van der Waals surface area contributed by atoms with E-state index in [0.717, 1.165) is 19.5 Å². The van der Waals surface area contributed by atoms with Crippen LogP contribution < -0.4 is 5.32 Å². The minimum atomic E-state index is 0.0319. The molecule has 2 atom stereocenters. The van der Waals surface area contributed by atoms with Gasteiger partial charge in [0.05, 0.1) is 6.61 Å². The Morgan fingerprint density at radius 3 is 2.45 bits per heavy atom. The molecule has 0 aromatic rings. The lowest BCUT2D eigenvalue weighted by atomic mass is 10.1. The summed E-state index contributed by atoms with van der Waals surface area (Å²) in [6, 6.07) is 0.446. The molecule has 1 saturated heterocycles. The van der Waals surface area contributed by atoms with Gasteiger partial charge >= 0.3 is 0 Å². The summed E-state index contributed by atoms with van der Waals surface area (Å²) in [5.41, 5.74) is 0. The smallest absolute Gasteiger partial charge is 0.217 e. The molecule has 1 amide bonds. The van der Waals surface area contributed by atoms with Crippen molar-refractivity contribution in [3.05, 3.63) is 0 Å². The number of nitrogens with zero attached hydrogens (tertiary/aromatic N) is 1. The number of hydrogen-bond acceptors (Lipinski definition) is 3. The molecule has 0 spiro atoms. The Labute approximate surface area is 123 Å². The van der Waals surface area contributed by atoms with E-state index in [9.17, 15) is 9.90 Å². The second-order valence-electron chi connectivity index (χ2n) is 6.09. The SMILES string of the molecule is CCCCCCCCCN1C[C@@H](NC(C)=O)C[C@H]1CO. The van der Waals surface area contributed by atoms with Gasteiger partial charge in [-0.15, -0.1) is 0 Å². The van der Waals surface area contributed by atoms with E-state index in [0.29, 0.717) is 0 Å². The van der Waals surface area contributed by atoms with E-state index in [2.05, 4.69) is 17.1 Å². The van der Waals surface area contributed by atoms with Crippen LogP contribution in [0.4, 0.5) is 0 Å². The standard InChI is InChI=1S/C16H32N2O2/c1-3-4-5-6-7-8-9-10-18-12-15(17-14(2)20)11-16(18)13-19/h15-16,19H,3-13H2,1-2H3,(H,17,20)/t15-,16-/m0/s1. The number of likely N-dealkylation sites (tertiary alicyclic amines) is 1. The fourth-order valence-electron chi connectivity index (χ4n) is 3.11. The monoisotopic (exact) mass is 284 g/mol. The van der Waals surface area contributed by atoms with Gasteiger partial charge in [-0.2, -0.15) is 0 Å². The molecule has 0 aromatic heterocycles. The number of carbonyl (C=O) groups is 1. The molecule has 118 valence electrons. The van der Waals surface area contributed by atoms with E-state index in [-0.39, 0.29) is 24.6 Å². The lowest BCUT2D eigenvalue weighted by Gasteiger charge is -2.22. The Morgan fingerprint density at radius 1 is 1.20 bits per heavy atom. The van der Waals surface area contributed by atoms with Crippen molar-refractivity contribution in [1.82, 2.24) is 10.2 Å². The van der Waals surface area contributed by atoms with E-state index < -0.39 is 0 Å². The second-order valence-corrected chi connectivity index (χ2v) is 6.09. The van der Waals surface area contributed by atoms with Crippen molar-refractivity contribution in [1.29, 1.82) is 0 Å². The Balaban J connectivity index is 2.13. The first-order chi connectivity index (χ1) is 9.67. The highest BCUT2D eigenvalue weighted by molar-refractivity contribution is 5.73. The molecule has 1 rings (SSSR count). The molecule has 20 heavy (non-hydrogen) atoms. The molecule has 4 nitrogen and oxygen atoms in total. The molecular formula is C16H32N2O2. The number of nitrogens with one attached hydrogen (secondary N) is 1. The third-order valence-corrected chi connectivity index (χ3v) is 4.19. The molecular weight excluding hydrogens is 252 g/mol. The fourth-order valence-corrected chi connectivity index (χ4v) is 3.11. The van der Waals surface area contributed by atoms with Crippen molar-refractivity contribution in [2.45, 2.75) is 77.3 Å². The van der Waals surface area contributed by atoms with Gasteiger partial charge in [0.2, 0.25) is 5.91 Å². The molecule has 1 heterocycles. The summed E-state index contributed by atoms with van der Waals surface area (Å²) in [6.07, 6.45) is 10.1. The summed E-state index contributed by atoms with van der Waals surface area (Å²) >= 11 is 0. The number of rotatable bonds is 10. The predicted molar refractivity (Wildman–Crippen MR) is 82.7 cm³/mol. The zero-order valence-electron chi connectivity index (χ0n) is 13.2. The summed E-state index contributed by atoms with van der Waals surface area (Å²) < 4.78 is 0. The second kappa shape index (κ2) is 10.2. The Hall–Kier alpha value is -0.610. The normalized spacial score (nSPS) is 23.1. The summed E-state index contributed by atoms with van der Waals surface area (Å²) in [7, 11) is 0. The molecule has 0 radical (unpaired) electrons. The fraction of sp³-hybridized carbons (Fsp3) is 0.938. The van der Waals surface area contributed by atoms with Crippen molar-refractivity contribution < 1.29 is 9.90 Å². The van der Waals surface area contributed by atoms with Gasteiger partial charge in [-0.1, -0.05) is 45.4 Å². The van der Waals surface area contributed by atoms with Gasteiger partial charge in [0.1, 0.15) is 0 Å². The topological polar surface area (TPSA) is 52.6 Å². The summed E-state index contributed by atoms with van der Waals surface area (Å²) in [4.78, 5) is 13.4. The molecule has 1 fully saturated rings. The largest absolute Gasteiger partial charge is 0.395 e. The van der Waals surface area contributed by atoms with Crippen molar-refractivity contribution in [3.8, 4) is 0 Å². The van der Waals surface area contributed by atoms with E-state index in [4.69, 9.17) is 0 Å². The molecule has 0 aliphatic carbocycles. The summed E-state index contributed by atoms with van der Waals surface area (Å²) in [5, 5.41) is 12.4. The minimum absolute atomic E-state index is 0.0319. The number of unbranched alkanes of at least 4 members (excludes halogenated alkanes) is 6. The van der Waals surface area contributed by atoms with Gasteiger partial charge in [-0.05, 0) is 19.4 Å². The van der Waals surface area contributed by atoms with Crippen LogP contribution in [0, 0.1) is 0 Å².